The summed E-state index contributed by atoms with van der Waals surface area (Å²) in [6, 6.07) is 16.9. The normalized spacial score (nSPS) is 32.4. The molecule has 3 aliphatic carbocycles. The molecule has 0 saturated carbocycles. The van der Waals surface area contributed by atoms with Crippen LogP contribution >= 0.6 is 11.8 Å². The van der Waals surface area contributed by atoms with Gasteiger partial charge in [0.05, 0.1) is 6.04 Å². The average Bonchev–Trinajstić information content (AvgIpc) is 3.10. The lowest BCUT2D eigenvalue weighted by Crippen LogP contribution is -2.66. The van der Waals surface area contributed by atoms with Crippen molar-refractivity contribution in [1.29, 1.82) is 0 Å². The summed E-state index contributed by atoms with van der Waals surface area (Å²) >= 11 is 1.35. The molecule has 3 nitrogen and oxygen atoms in total. The summed E-state index contributed by atoms with van der Waals surface area (Å²) in [6.45, 7) is 10.1. The van der Waals surface area contributed by atoms with Crippen molar-refractivity contribution in [3.05, 3.63) is 83.4 Å². The molecule has 2 amide bonds. The third-order valence-corrected chi connectivity index (χ3v) is 8.80. The van der Waals surface area contributed by atoms with Gasteiger partial charge in [0.2, 0.25) is 5.91 Å². The number of carbonyl (C=O) groups excluding carboxylic acids is 2. The van der Waals surface area contributed by atoms with Gasteiger partial charge in [0.15, 0.2) is 0 Å². The molecule has 0 N–H and O–H groups in total. The number of allylic oxidation sites excluding steroid dienone is 1. The summed E-state index contributed by atoms with van der Waals surface area (Å²) in [5.74, 6) is -0.333. The first-order chi connectivity index (χ1) is 13.9. The fourth-order valence-corrected chi connectivity index (χ4v) is 7.53. The molecule has 4 heteroatoms. The van der Waals surface area contributed by atoms with E-state index in [1.807, 2.05) is 6.92 Å². The van der Waals surface area contributed by atoms with E-state index in [1.54, 1.807) is 11.0 Å². The lowest BCUT2D eigenvalue weighted by molar-refractivity contribution is -0.134. The minimum Gasteiger partial charge on any atom is -0.274 e. The molecule has 2 aromatic rings. The Bertz CT molecular complexity index is 1010. The molecule has 1 saturated heterocycles. The summed E-state index contributed by atoms with van der Waals surface area (Å²) in [5.41, 5.74) is 4.33. The Labute approximate surface area is 176 Å². The second kappa shape index (κ2) is 6.09. The topological polar surface area (TPSA) is 37.4 Å². The summed E-state index contributed by atoms with van der Waals surface area (Å²) in [4.78, 5) is 28.2. The van der Waals surface area contributed by atoms with Gasteiger partial charge in [-0.25, -0.2) is 0 Å². The smallest absolute Gasteiger partial charge is 0.274 e. The molecule has 0 spiro atoms. The maximum atomic E-state index is 13.4. The molecule has 0 unspecified atom stereocenters. The Morgan fingerprint density at radius 3 is 2.03 bits per heavy atom. The zero-order valence-corrected chi connectivity index (χ0v) is 17.8. The van der Waals surface area contributed by atoms with Gasteiger partial charge in [-0.05, 0) is 35.6 Å². The molecule has 0 aromatic heterocycles. The Kier molecular flexibility index (Phi) is 3.92. The Morgan fingerprint density at radius 2 is 1.55 bits per heavy atom. The van der Waals surface area contributed by atoms with Gasteiger partial charge in [-0.15, -0.1) is 6.58 Å². The SMILES string of the molecule is C=CC[C@@H](C)C(=O)N1C(=O)S[C@@H]2[C@H]1C1(C)c3ccccc3C2(C)c2ccccc21. The van der Waals surface area contributed by atoms with Crippen LogP contribution in [0.15, 0.2) is 61.2 Å². The Morgan fingerprint density at radius 1 is 1.07 bits per heavy atom. The number of thioether (sulfide) groups is 1. The van der Waals surface area contributed by atoms with Crippen LogP contribution in [-0.2, 0) is 15.6 Å². The maximum Gasteiger partial charge on any atom is 0.288 e. The number of imide groups is 1. The second-order valence-electron chi connectivity index (χ2n) is 8.88. The van der Waals surface area contributed by atoms with E-state index in [0.29, 0.717) is 6.42 Å². The number of amides is 2. The van der Waals surface area contributed by atoms with Gasteiger partial charge in [0, 0.05) is 22.0 Å². The van der Waals surface area contributed by atoms with Gasteiger partial charge >= 0.3 is 0 Å². The fourth-order valence-electron chi connectivity index (χ4n) is 5.98. The fraction of sp³-hybridized carbons (Fsp3) is 0.360. The first kappa shape index (κ1) is 18.7. The standard InChI is InChI=1S/C25H25NO2S/c1-5-10-15(2)22(27)26-20-21(29-23(26)28)25(4)18-13-8-6-11-16(18)24(20,3)17-12-7-9-14-19(17)25/h5-9,11-15,20-21H,1,10H2,2-4H3/t15-,20+,21-,24?,25?/m1/s1. The Balaban J connectivity index is 1.78. The van der Waals surface area contributed by atoms with Crippen LogP contribution in [0.5, 0.6) is 0 Å². The number of rotatable bonds is 3. The average molecular weight is 404 g/mol. The zero-order chi connectivity index (χ0) is 20.6. The highest BCUT2D eigenvalue weighted by Gasteiger charge is 2.68. The molecular weight excluding hydrogens is 378 g/mol. The lowest BCUT2D eigenvalue weighted by Gasteiger charge is -2.60. The molecule has 0 radical (unpaired) electrons. The molecule has 148 valence electrons. The summed E-state index contributed by atoms with van der Waals surface area (Å²) < 4.78 is 0. The van der Waals surface area contributed by atoms with Gasteiger partial charge in [-0.1, -0.05) is 80.2 Å². The van der Waals surface area contributed by atoms with Crippen LogP contribution in [0.25, 0.3) is 0 Å². The van der Waals surface area contributed by atoms with Crippen molar-refractivity contribution in [2.75, 3.05) is 0 Å². The van der Waals surface area contributed by atoms with Crippen LogP contribution in [0.4, 0.5) is 4.79 Å². The van der Waals surface area contributed by atoms with E-state index in [2.05, 4.69) is 69.0 Å². The monoisotopic (exact) mass is 403 g/mol. The predicted molar refractivity (Wildman–Crippen MR) is 117 cm³/mol. The minimum atomic E-state index is -0.418. The second-order valence-corrected chi connectivity index (χ2v) is 9.97. The third-order valence-electron chi connectivity index (χ3n) is 7.42. The van der Waals surface area contributed by atoms with E-state index in [1.165, 1.54) is 34.0 Å². The van der Waals surface area contributed by atoms with E-state index >= 15 is 0 Å². The number of nitrogens with zero attached hydrogens (tertiary/aromatic N) is 1. The van der Waals surface area contributed by atoms with E-state index in [9.17, 15) is 9.59 Å². The van der Waals surface area contributed by atoms with E-state index in [-0.39, 0.29) is 33.8 Å². The Hall–Kier alpha value is -2.33. The highest BCUT2D eigenvalue weighted by molar-refractivity contribution is 8.14. The van der Waals surface area contributed by atoms with E-state index < -0.39 is 5.41 Å². The number of hydrogen-bond acceptors (Lipinski definition) is 3. The molecule has 3 atom stereocenters. The van der Waals surface area contributed by atoms with Crippen LogP contribution in [-0.4, -0.2) is 27.3 Å². The molecule has 2 aromatic carbocycles. The molecule has 4 aliphatic rings. The van der Waals surface area contributed by atoms with Crippen molar-refractivity contribution in [2.24, 2.45) is 5.92 Å². The minimum absolute atomic E-state index is 0.00433. The van der Waals surface area contributed by atoms with Gasteiger partial charge in [-0.2, -0.15) is 0 Å². The largest absolute Gasteiger partial charge is 0.288 e. The van der Waals surface area contributed by atoms with Gasteiger partial charge in [0.1, 0.15) is 0 Å². The predicted octanol–water partition coefficient (Wildman–Crippen LogP) is 5.27. The van der Waals surface area contributed by atoms with Crippen molar-refractivity contribution in [3.63, 3.8) is 0 Å². The highest BCUT2D eigenvalue weighted by Crippen LogP contribution is 2.65. The van der Waals surface area contributed by atoms with Gasteiger partial charge < -0.3 is 0 Å². The van der Waals surface area contributed by atoms with Crippen LogP contribution in [0.2, 0.25) is 0 Å². The van der Waals surface area contributed by atoms with E-state index in [0.717, 1.165) is 0 Å². The molecule has 1 aliphatic heterocycles. The molecule has 2 bridgehead atoms. The summed E-state index contributed by atoms with van der Waals surface area (Å²) in [7, 11) is 0. The molecule has 1 heterocycles. The zero-order valence-electron chi connectivity index (χ0n) is 17.0. The summed E-state index contributed by atoms with van der Waals surface area (Å²) in [5, 5.41) is -0.108. The third kappa shape index (κ3) is 2.10. The van der Waals surface area contributed by atoms with Crippen molar-refractivity contribution >= 4 is 22.9 Å². The first-order valence-electron chi connectivity index (χ1n) is 10.2. The lowest BCUT2D eigenvalue weighted by atomic mass is 9.47. The number of carbonyl (C=O) groups is 2. The molecular formula is C25H25NO2S. The summed E-state index contributed by atoms with van der Waals surface area (Å²) in [6.07, 6.45) is 2.33. The van der Waals surface area contributed by atoms with Crippen molar-refractivity contribution in [1.82, 2.24) is 4.90 Å². The molecule has 29 heavy (non-hydrogen) atoms. The van der Waals surface area contributed by atoms with Crippen molar-refractivity contribution < 1.29 is 9.59 Å². The van der Waals surface area contributed by atoms with E-state index in [4.69, 9.17) is 0 Å². The highest BCUT2D eigenvalue weighted by atomic mass is 32.2. The van der Waals surface area contributed by atoms with Crippen LogP contribution in [0, 0.1) is 5.92 Å². The van der Waals surface area contributed by atoms with Gasteiger partial charge in [-0.3, -0.25) is 14.5 Å². The van der Waals surface area contributed by atoms with Crippen LogP contribution in [0.1, 0.15) is 49.4 Å². The molecule has 1 fully saturated rings. The van der Waals surface area contributed by atoms with Gasteiger partial charge in [0.25, 0.3) is 5.24 Å². The number of benzene rings is 2. The van der Waals surface area contributed by atoms with Crippen molar-refractivity contribution in [2.45, 2.75) is 49.3 Å². The quantitative estimate of drug-likeness (QED) is 0.655. The first-order valence-corrected chi connectivity index (χ1v) is 11.1. The van der Waals surface area contributed by atoms with Crippen molar-refractivity contribution in [3.8, 4) is 0 Å². The maximum absolute atomic E-state index is 13.4. The van der Waals surface area contributed by atoms with Crippen LogP contribution < -0.4 is 0 Å². The van der Waals surface area contributed by atoms with Crippen LogP contribution in [0.3, 0.4) is 0 Å². The number of hydrogen-bond donors (Lipinski definition) is 0. The molecule has 6 rings (SSSR count).